The molecule has 0 radical (unpaired) electrons. The number of hydrogen-bond acceptors (Lipinski definition) is 4. The van der Waals surface area contributed by atoms with E-state index in [0.717, 1.165) is 10.6 Å². The van der Waals surface area contributed by atoms with Crippen LogP contribution in [0.1, 0.15) is 17.5 Å². The van der Waals surface area contributed by atoms with Gasteiger partial charge in [-0.05, 0) is 23.6 Å². The van der Waals surface area contributed by atoms with Gasteiger partial charge >= 0.3 is 0 Å². The van der Waals surface area contributed by atoms with Gasteiger partial charge in [-0.15, -0.1) is 11.3 Å². The molecular weight excluding hydrogens is 298 g/mol. The first kappa shape index (κ1) is 16.2. The van der Waals surface area contributed by atoms with Gasteiger partial charge in [0.15, 0.2) is 0 Å². The largest absolute Gasteiger partial charge is 0.354 e. The lowest BCUT2D eigenvalue weighted by atomic mass is 10.3. The van der Waals surface area contributed by atoms with Crippen LogP contribution in [0.3, 0.4) is 0 Å². The van der Waals surface area contributed by atoms with Crippen LogP contribution in [0.5, 0.6) is 0 Å². The van der Waals surface area contributed by atoms with Crippen LogP contribution in [0, 0.1) is 0 Å². The third kappa shape index (κ3) is 5.29. The van der Waals surface area contributed by atoms with Crippen LogP contribution in [-0.4, -0.2) is 34.8 Å². The van der Waals surface area contributed by atoms with Gasteiger partial charge in [0.2, 0.25) is 11.8 Å². The second-order valence-electron chi connectivity index (χ2n) is 4.87. The maximum atomic E-state index is 11.8. The summed E-state index contributed by atoms with van der Waals surface area (Å²) in [7, 11) is 0. The molecule has 0 spiro atoms. The molecule has 0 atom stereocenters. The van der Waals surface area contributed by atoms with Crippen LogP contribution in [0.15, 0.2) is 41.9 Å². The fourth-order valence-corrected chi connectivity index (χ4v) is 2.70. The molecule has 0 saturated heterocycles. The molecule has 1 N–H and O–H groups in total. The van der Waals surface area contributed by atoms with Crippen molar-refractivity contribution in [3.8, 4) is 0 Å². The summed E-state index contributed by atoms with van der Waals surface area (Å²) < 4.78 is 0. The molecule has 0 aromatic carbocycles. The quantitative estimate of drug-likeness (QED) is 0.848. The molecule has 2 heterocycles. The van der Waals surface area contributed by atoms with Crippen molar-refractivity contribution in [3.05, 3.63) is 52.5 Å². The molecule has 2 aromatic rings. The van der Waals surface area contributed by atoms with E-state index in [4.69, 9.17) is 0 Å². The summed E-state index contributed by atoms with van der Waals surface area (Å²) in [5.41, 5.74) is 0.836. The van der Waals surface area contributed by atoms with Crippen molar-refractivity contribution in [2.75, 3.05) is 13.1 Å². The van der Waals surface area contributed by atoms with Gasteiger partial charge in [-0.2, -0.15) is 0 Å². The normalized spacial score (nSPS) is 10.2. The minimum absolute atomic E-state index is 0.0243. The summed E-state index contributed by atoms with van der Waals surface area (Å²) in [5.74, 6) is -0.0538. The number of carbonyl (C=O) groups is 2. The molecule has 22 heavy (non-hydrogen) atoms. The zero-order valence-electron chi connectivity index (χ0n) is 12.5. The zero-order chi connectivity index (χ0) is 15.8. The van der Waals surface area contributed by atoms with Crippen molar-refractivity contribution in [2.45, 2.75) is 19.9 Å². The molecule has 0 fully saturated rings. The van der Waals surface area contributed by atoms with Crippen LogP contribution in [0.25, 0.3) is 0 Å². The minimum Gasteiger partial charge on any atom is -0.354 e. The molecule has 2 aromatic heterocycles. The van der Waals surface area contributed by atoms with Crippen LogP contribution in [-0.2, 0) is 22.6 Å². The van der Waals surface area contributed by atoms with E-state index >= 15 is 0 Å². The number of nitrogens with one attached hydrogen (secondary N) is 1. The van der Waals surface area contributed by atoms with Crippen molar-refractivity contribution in [1.82, 2.24) is 15.2 Å². The topological polar surface area (TPSA) is 62.3 Å². The average Bonchev–Trinajstić information content (AvgIpc) is 3.00. The smallest absolute Gasteiger partial charge is 0.225 e. The van der Waals surface area contributed by atoms with Crippen LogP contribution in [0.4, 0.5) is 0 Å². The number of pyridine rings is 1. The van der Waals surface area contributed by atoms with Crippen LogP contribution in [0.2, 0.25) is 0 Å². The molecule has 2 rings (SSSR count). The summed E-state index contributed by atoms with van der Waals surface area (Å²) in [6.45, 7) is 2.89. The number of hydrogen-bond donors (Lipinski definition) is 1. The number of nitrogens with zero attached hydrogens (tertiary/aromatic N) is 2. The fraction of sp³-hybridized carbons (Fsp3) is 0.312. The molecule has 2 amide bonds. The van der Waals surface area contributed by atoms with Crippen LogP contribution >= 0.6 is 11.3 Å². The van der Waals surface area contributed by atoms with Crippen LogP contribution < -0.4 is 5.32 Å². The van der Waals surface area contributed by atoms with E-state index in [1.807, 2.05) is 35.7 Å². The summed E-state index contributed by atoms with van der Waals surface area (Å²) >= 11 is 1.56. The summed E-state index contributed by atoms with van der Waals surface area (Å²) in [5, 5.41) is 4.80. The van der Waals surface area contributed by atoms with E-state index in [2.05, 4.69) is 10.3 Å². The van der Waals surface area contributed by atoms with E-state index in [1.54, 1.807) is 22.4 Å². The lowest BCUT2D eigenvalue weighted by Crippen LogP contribution is -2.37. The van der Waals surface area contributed by atoms with Gasteiger partial charge < -0.3 is 10.2 Å². The Balaban J connectivity index is 1.77. The number of rotatable bonds is 7. The molecule has 116 valence electrons. The highest BCUT2D eigenvalue weighted by Crippen LogP contribution is 2.08. The van der Waals surface area contributed by atoms with Gasteiger partial charge in [0, 0.05) is 31.1 Å². The van der Waals surface area contributed by atoms with E-state index < -0.39 is 0 Å². The van der Waals surface area contributed by atoms with E-state index in [0.29, 0.717) is 26.1 Å². The predicted octanol–water partition coefficient (Wildman–Crippen LogP) is 1.85. The molecule has 0 saturated carbocycles. The number of amides is 2. The van der Waals surface area contributed by atoms with Gasteiger partial charge in [0.25, 0.3) is 0 Å². The second kappa shape index (κ2) is 8.29. The first-order chi connectivity index (χ1) is 10.6. The average molecular weight is 317 g/mol. The van der Waals surface area contributed by atoms with Gasteiger partial charge in [-0.25, -0.2) is 0 Å². The van der Waals surface area contributed by atoms with Crippen molar-refractivity contribution in [3.63, 3.8) is 0 Å². The number of aromatic nitrogens is 1. The molecule has 0 aliphatic heterocycles. The molecular formula is C16H19N3O2S. The Kier molecular flexibility index (Phi) is 6.09. The Morgan fingerprint density at radius 1 is 1.27 bits per heavy atom. The lowest BCUT2D eigenvalue weighted by Gasteiger charge is -2.20. The Bertz CT molecular complexity index is 599. The zero-order valence-corrected chi connectivity index (χ0v) is 13.3. The van der Waals surface area contributed by atoms with Crippen molar-refractivity contribution in [1.29, 1.82) is 0 Å². The monoisotopic (exact) mass is 317 g/mol. The van der Waals surface area contributed by atoms with Crippen molar-refractivity contribution >= 4 is 23.2 Å². The Morgan fingerprint density at radius 3 is 2.77 bits per heavy atom. The molecule has 0 unspecified atom stereocenters. The van der Waals surface area contributed by atoms with E-state index in [1.165, 1.54) is 6.92 Å². The maximum Gasteiger partial charge on any atom is 0.225 e. The Labute approximate surface area is 134 Å². The Hall–Kier alpha value is -2.21. The summed E-state index contributed by atoms with van der Waals surface area (Å²) in [4.78, 5) is 30.4. The first-order valence-electron chi connectivity index (χ1n) is 7.09. The minimum atomic E-state index is -0.0295. The van der Waals surface area contributed by atoms with Gasteiger partial charge in [0.1, 0.15) is 0 Å². The van der Waals surface area contributed by atoms with E-state index in [9.17, 15) is 9.59 Å². The second-order valence-corrected chi connectivity index (χ2v) is 5.90. The van der Waals surface area contributed by atoms with Gasteiger partial charge in [-0.3, -0.25) is 14.6 Å². The molecule has 6 heteroatoms. The van der Waals surface area contributed by atoms with Gasteiger partial charge in [0.05, 0.1) is 18.7 Å². The third-order valence-corrected chi connectivity index (χ3v) is 4.02. The highest BCUT2D eigenvalue weighted by molar-refractivity contribution is 7.10. The summed E-state index contributed by atoms with van der Waals surface area (Å²) in [6.07, 6.45) is 2.09. The first-order valence-corrected chi connectivity index (χ1v) is 7.97. The van der Waals surface area contributed by atoms with Gasteiger partial charge in [-0.1, -0.05) is 12.1 Å². The number of carbonyl (C=O) groups excluding carboxylic acids is 2. The van der Waals surface area contributed by atoms with Crippen molar-refractivity contribution < 1.29 is 9.59 Å². The highest BCUT2D eigenvalue weighted by Gasteiger charge is 2.11. The highest BCUT2D eigenvalue weighted by atomic mass is 32.1. The standard InChI is InChI=1S/C16H19N3O2S/c1-13(20)19(12-14-5-2-3-7-17-14)9-8-18-16(21)11-15-6-4-10-22-15/h2-7,10H,8-9,11-12H2,1H3,(H,18,21). The fourth-order valence-electron chi connectivity index (χ4n) is 2.00. The molecule has 0 aliphatic carbocycles. The Morgan fingerprint density at radius 2 is 2.14 bits per heavy atom. The van der Waals surface area contributed by atoms with Crippen molar-refractivity contribution in [2.24, 2.45) is 0 Å². The SMILES string of the molecule is CC(=O)N(CCNC(=O)Cc1cccs1)Cc1ccccn1. The molecule has 5 nitrogen and oxygen atoms in total. The maximum absolute atomic E-state index is 11.8. The number of thiophene rings is 1. The molecule has 0 bridgehead atoms. The molecule has 0 aliphatic rings. The summed E-state index contributed by atoms with van der Waals surface area (Å²) in [6, 6.07) is 9.48. The third-order valence-electron chi connectivity index (χ3n) is 3.14. The lowest BCUT2D eigenvalue weighted by molar-refractivity contribution is -0.130. The van der Waals surface area contributed by atoms with E-state index in [-0.39, 0.29) is 11.8 Å². The predicted molar refractivity (Wildman–Crippen MR) is 86.4 cm³/mol.